The van der Waals surface area contributed by atoms with Gasteiger partial charge in [-0.25, -0.2) is 0 Å². The van der Waals surface area contributed by atoms with Crippen LogP contribution in [0, 0.1) is 5.92 Å². The third-order valence-corrected chi connectivity index (χ3v) is 5.37. The van der Waals surface area contributed by atoms with Gasteiger partial charge in [0.25, 0.3) is 5.91 Å². The van der Waals surface area contributed by atoms with Crippen molar-refractivity contribution in [3.8, 4) is 0 Å². The van der Waals surface area contributed by atoms with Gasteiger partial charge in [-0.3, -0.25) is 14.4 Å². The topological polar surface area (TPSA) is 72.5 Å². The summed E-state index contributed by atoms with van der Waals surface area (Å²) in [4.78, 5) is 14.5. The van der Waals surface area contributed by atoms with Crippen molar-refractivity contribution in [3.05, 3.63) is 42.1 Å². The van der Waals surface area contributed by atoms with Crippen LogP contribution in [0.15, 0.2) is 35.1 Å². The first-order valence-electron chi connectivity index (χ1n) is 8.81. The molecule has 1 atom stereocenters. The summed E-state index contributed by atoms with van der Waals surface area (Å²) >= 11 is 0. The van der Waals surface area contributed by atoms with Gasteiger partial charge in [0.2, 0.25) is 0 Å². The SMILES string of the molecule is Cn1nccc1C(=O)NCC[C@H]1CCOC12CN(Cc1ccco1)C2. The van der Waals surface area contributed by atoms with Crippen LogP contribution in [0.2, 0.25) is 0 Å². The zero-order chi connectivity index (χ0) is 17.3. The Balaban J connectivity index is 1.25. The number of nitrogens with one attached hydrogen (secondary N) is 1. The molecule has 2 fully saturated rings. The molecule has 134 valence electrons. The van der Waals surface area contributed by atoms with Crippen LogP contribution in [0.25, 0.3) is 0 Å². The second-order valence-electron chi connectivity index (χ2n) is 7.01. The highest BCUT2D eigenvalue weighted by Crippen LogP contribution is 2.42. The van der Waals surface area contributed by atoms with Gasteiger partial charge in [0.15, 0.2) is 0 Å². The van der Waals surface area contributed by atoms with E-state index in [1.165, 1.54) is 0 Å². The molecule has 0 unspecified atom stereocenters. The van der Waals surface area contributed by atoms with Gasteiger partial charge in [-0.15, -0.1) is 0 Å². The van der Waals surface area contributed by atoms with Crippen LogP contribution in [0.4, 0.5) is 0 Å². The Kier molecular flexibility index (Phi) is 4.35. The zero-order valence-electron chi connectivity index (χ0n) is 14.5. The van der Waals surface area contributed by atoms with Gasteiger partial charge in [0.05, 0.1) is 18.4 Å². The molecule has 0 aliphatic carbocycles. The average Bonchev–Trinajstić information content (AvgIpc) is 3.28. The molecular weight excluding hydrogens is 320 g/mol. The molecule has 1 spiro atoms. The number of hydrogen-bond acceptors (Lipinski definition) is 5. The number of furan rings is 1. The van der Waals surface area contributed by atoms with E-state index in [0.717, 1.165) is 44.8 Å². The molecule has 2 aromatic heterocycles. The third kappa shape index (κ3) is 3.21. The fraction of sp³-hybridized carbons (Fsp3) is 0.556. The molecule has 1 N–H and O–H groups in total. The second-order valence-corrected chi connectivity index (χ2v) is 7.01. The summed E-state index contributed by atoms with van der Waals surface area (Å²) in [6.07, 6.45) is 5.36. The minimum absolute atomic E-state index is 0.0378. The van der Waals surface area contributed by atoms with E-state index in [4.69, 9.17) is 9.15 Å². The predicted octanol–water partition coefficient (Wildman–Crippen LogP) is 1.42. The van der Waals surface area contributed by atoms with Crippen molar-refractivity contribution >= 4 is 5.91 Å². The molecule has 2 aromatic rings. The molecule has 0 bridgehead atoms. The van der Waals surface area contributed by atoms with Crippen molar-refractivity contribution in [1.82, 2.24) is 20.0 Å². The molecule has 7 nitrogen and oxygen atoms in total. The van der Waals surface area contributed by atoms with Gasteiger partial charge >= 0.3 is 0 Å². The van der Waals surface area contributed by atoms with Crippen molar-refractivity contribution in [2.45, 2.75) is 25.0 Å². The molecule has 1 amide bonds. The number of aryl methyl sites for hydroxylation is 1. The first kappa shape index (κ1) is 16.4. The van der Waals surface area contributed by atoms with Crippen LogP contribution in [0.5, 0.6) is 0 Å². The Bertz CT molecular complexity index is 719. The lowest BCUT2D eigenvalue weighted by atomic mass is 9.79. The molecule has 2 aliphatic heterocycles. The predicted molar refractivity (Wildman–Crippen MR) is 90.9 cm³/mol. The normalized spacial score (nSPS) is 22.2. The van der Waals surface area contributed by atoms with Gasteiger partial charge in [-0.1, -0.05) is 0 Å². The molecule has 4 rings (SSSR count). The summed E-state index contributed by atoms with van der Waals surface area (Å²) in [7, 11) is 1.77. The van der Waals surface area contributed by atoms with E-state index in [2.05, 4.69) is 15.3 Å². The number of hydrogen-bond donors (Lipinski definition) is 1. The fourth-order valence-electron chi connectivity index (χ4n) is 4.03. The number of carbonyl (C=O) groups is 1. The Morgan fingerprint density at radius 2 is 2.32 bits per heavy atom. The van der Waals surface area contributed by atoms with Crippen molar-refractivity contribution < 1.29 is 13.9 Å². The van der Waals surface area contributed by atoms with Gasteiger partial charge in [-0.05, 0) is 37.0 Å². The summed E-state index contributed by atoms with van der Waals surface area (Å²) in [5.74, 6) is 1.42. The fourth-order valence-corrected chi connectivity index (χ4v) is 4.03. The molecule has 0 radical (unpaired) electrons. The van der Waals surface area contributed by atoms with E-state index in [0.29, 0.717) is 18.2 Å². The van der Waals surface area contributed by atoms with Crippen LogP contribution in [-0.4, -0.2) is 52.4 Å². The summed E-state index contributed by atoms with van der Waals surface area (Å²) in [6, 6.07) is 5.66. The van der Waals surface area contributed by atoms with E-state index in [-0.39, 0.29) is 11.5 Å². The molecular formula is C18H24N4O3. The van der Waals surface area contributed by atoms with Crippen LogP contribution in [-0.2, 0) is 18.3 Å². The molecule has 0 aromatic carbocycles. The van der Waals surface area contributed by atoms with Crippen molar-refractivity contribution in [1.29, 1.82) is 0 Å². The summed E-state index contributed by atoms with van der Waals surface area (Å²) in [5.41, 5.74) is 0.551. The van der Waals surface area contributed by atoms with E-state index < -0.39 is 0 Å². The Morgan fingerprint density at radius 1 is 1.44 bits per heavy atom. The number of carbonyl (C=O) groups excluding carboxylic acids is 1. The van der Waals surface area contributed by atoms with Gasteiger partial charge in [-0.2, -0.15) is 5.10 Å². The highest BCUT2D eigenvalue weighted by Gasteiger charge is 2.52. The van der Waals surface area contributed by atoms with E-state index in [1.54, 1.807) is 30.3 Å². The van der Waals surface area contributed by atoms with Crippen molar-refractivity contribution in [3.63, 3.8) is 0 Å². The number of ether oxygens (including phenoxy) is 1. The van der Waals surface area contributed by atoms with Crippen LogP contribution >= 0.6 is 0 Å². The third-order valence-electron chi connectivity index (χ3n) is 5.37. The van der Waals surface area contributed by atoms with Crippen LogP contribution < -0.4 is 5.32 Å². The Labute approximate surface area is 146 Å². The van der Waals surface area contributed by atoms with E-state index in [1.807, 2.05) is 12.1 Å². The standard InChI is InChI=1S/C18H24N4O3/c1-21-16(5-8-20-21)17(23)19-7-4-14-6-10-25-18(14)12-22(13-18)11-15-3-2-9-24-15/h2-3,5,8-9,14H,4,6-7,10-13H2,1H3,(H,19,23)/t14-/m0/s1. The monoisotopic (exact) mass is 344 g/mol. The second kappa shape index (κ2) is 6.65. The average molecular weight is 344 g/mol. The van der Waals surface area contributed by atoms with Crippen molar-refractivity contribution in [2.75, 3.05) is 26.2 Å². The number of likely N-dealkylation sites (tertiary alicyclic amines) is 1. The molecule has 4 heterocycles. The minimum Gasteiger partial charge on any atom is -0.468 e. The summed E-state index contributed by atoms with van der Waals surface area (Å²) in [6.45, 7) is 4.19. The lowest BCUT2D eigenvalue weighted by molar-refractivity contribution is -0.138. The minimum atomic E-state index is -0.0685. The lowest BCUT2D eigenvalue weighted by Gasteiger charge is -2.50. The smallest absolute Gasteiger partial charge is 0.269 e. The van der Waals surface area contributed by atoms with Gasteiger partial charge in [0.1, 0.15) is 11.5 Å². The van der Waals surface area contributed by atoms with Gasteiger partial charge < -0.3 is 14.5 Å². The summed E-state index contributed by atoms with van der Waals surface area (Å²) in [5, 5.41) is 7.03. The Hall–Kier alpha value is -2.12. The maximum absolute atomic E-state index is 12.2. The number of nitrogens with zero attached hydrogens (tertiary/aromatic N) is 3. The van der Waals surface area contributed by atoms with Gasteiger partial charge in [0, 0.05) is 39.5 Å². The highest BCUT2D eigenvalue weighted by atomic mass is 16.5. The van der Waals surface area contributed by atoms with Crippen LogP contribution in [0.1, 0.15) is 29.1 Å². The number of rotatable bonds is 6. The quantitative estimate of drug-likeness (QED) is 0.858. The maximum atomic E-state index is 12.2. The Morgan fingerprint density at radius 3 is 3.04 bits per heavy atom. The summed E-state index contributed by atoms with van der Waals surface area (Å²) < 4.78 is 13.1. The van der Waals surface area contributed by atoms with E-state index in [9.17, 15) is 4.79 Å². The zero-order valence-corrected chi connectivity index (χ0v) is 14.5. The largest absolute Gasteiger partial charge is 0.468 e. The number of amides is 1. The molecule has 2 saturated heterocycles. The van der Waals surface area contributed by atoms with Crippen LogP contribution in [0.3, 0.4) is 0 Å². The molecule has 2 aliphatic rings. The van der Waals surface area contributed by atoms with E-state index >= 15 is 0 Å². The molecule has 7 heteroatoms. The lowest BCUT2D eigenvalue weighted by Crippen LogP contribution is -2.64. The maximum Gasteiger partial charge on any atom is 0.269 e. The first-order chi connectivity index (χ1) is 12.2. The van der Waals surface area contributed by atoms with Crippen molar-refractivity contribution in [2.24, 2.45) is 13.0 Å². The molecule has 25 heavy (non-hydrogen) atoms. The molecule has 0 saturated carbocycles. The number of aromatic nitrogens is 2. The first-order valence-corrected chi connectivity index (χ1v) is 8.81. The highest BCUT2D eigenvalue weighted by molar-refractivity contribution is 5.92.